The van der Waals surface area contributed by atoms with Crippen molar-refractivity contribution in [3.8, 4) is 11.1 Å². The lowest BCUT2D eigenvalue weighted by molar-refractivity contribution is 0.0542. The predicted molar refractivity (Wildman–Crippen MR) is 164 cm³/mol. The average molecular weight is 532 g/mol. The number of nitrogens with zero attached hydrogens (tertiary/aromatic N) is 3. The van der Waals surface area contributed by atoms with Crippen molar-refractivity contribution >= 4 is 5.91 Å². The molecule has 0 atom stereocenters. The zero-order valence-electron chi connectivity index (χ0n) is 23.7. The summed E-state index contributed by atoms with van der Waals surface area (Å²) in [5.74, 6) is 0.137. The van der Waals surface area contributed by atoms with Gasteiger partial charge in [-0.05, 0) is 71.7 Å². The summed E-state index contributed by atoms with van der Waals surface area (Å²) in [6.07, 6.45) is 10.5. The summed E-state index contributed by atoms with van der Waals surface area (Å²) in [5.41, 5.74) is 6.93. The molecule has 40 heavy (non-hydrogen) atoms. The monoisotopic (exact) mass is 531 g/mol. The average Bonchev–Trinajstić information content (AvgIpc) is 3.02. The van der Waals surface area contributed by atoms with Crippen LogP contribution in [0.5, 0.6) is 0 Å². The highest BCUT2D eigenvalue weighted by Crippen LogP contribution is 2.25. The van der Waals surface area contributed by atoms with Crippen LogP contribution in [0.1, 0.15) is 66.1 Å². The SMILES string of the molecule is CCCCCc1ccc(C(=O)N(Cc2ccc(-c3ccccc3)cc2)C2CCN(Cc3cccnc3)CC2)cc1. The van der Waals surface area contributed by atoms with Gasteiger partial charge in [0.1, 0.15) is 0 Å². The number of hydrogen-bond acceptors (Lipinski definition) is 3. The largest absolute Gasteiger partial charge is 0.331 e. The molecule has 1 saturated heterocycles. The Labute approximate surface area is 239 Å². The van der Waals surface area contributed by atoms with Crippen LogP contribution in [0.4, 0.5) is 0 Å². The molecule has 5 rings (SSSR count). The van der Waals surface area contributed by atoms with Gasteiger partial charge in [-0.25, -0.2) is 0 Å². The van der Waals surface area contributed by atoms with E-state index in [2.05, 4.69) is 88.4 Å². The molecule has 1 aromatic heterocycles. The Bertz CT molecular complexity index is 1310. The number of likely N-dealkylation sites (tertiary alicyclic amines) is 1. The van der Waals surface area contributed by atoms with Crippen LogP contribution in [-0.4, -0.2) is 39.8 Å². The van der Waals surface area contributed by atoms with Crippen LogP contribution in [0.25, 0.3) is 11.1 Å². The summed E-state index contributed by atoms with van der Waals surface area (Å²) in [6.45, 7) is 5.72. The standard InChI is InChI=1S/C36H41N3O/c1-2-3-5-9-29-13-19-34(20-14-29)36(40)39(28-30-15-17-33(18-16-30)32-11-6-4-7-12-32)35-21-24-38(25-22-35)27-31-10-8-23-37-26-31/h4,6-8,10-20,23,26,35H,2-3,5,9,21-22,24-25,27-28H2,1H3. The van der Waals surface area contributed by atoms with Gasteiger partial charge in [-0.1, -0.05) is 92.6 Å². The summed E-state index contributed by atoms with van der Waals surface area (Å²) in [4.78, 5) is 22.9. The molecule has 4 nitrogen and oxygen atoms in total. The van der Waals surface area contributed by atoms with E-state index in [9.17, 15) is 4.79 Å². The first-order chi connectivity index (χ1) is 19.7. The Balaban J connectivity index is 1.30. The van der Waals surface area contributed by atoms with Crippen LogP contribution in [-0.2, 0) is 19.5 Å². The predicted octanol–water partition coefficient (Wildman–Crippen LogP) is 7.79. The number of unbranched alkanes of at least 4 members (excludes halogenated alkanes) is 2. The van der Waals surface area contributed by atoms with E-state index in [-0.39, 0.29) is 11.9 Å². The maximum Gasteiger partial charge on any atom is 0.254 e. The lowest BCUT2D eigenvalue weighted by Crippen LogP contribution is -2.46. The number of piperidine rings is 1. The van der Waals surface area contributed by atoms with E-state index >= 15 is 0 Å². The molecule has 1 amide bonds. The second kappa shape index (κ2) is 14.0. The quantitative estimate of drug-likeness (QED) is 0.185. The van der Waals surface area contributed by atoms with Gasteiger partial charge >= 0.3 is 0 Å². The van der Waals surface area contributed by atoms with E-state index in [1.807, 2.05) is 36.7 Å². The highest BCUT2D eigenvalue weighted by molar-refractivity contribution is 5.94. The Hall–Kier alpha value is -3.76. The molecular weight excluding hydrogens is 490 g/mol. The Morgan fingerprint density at radius 3 is 2.17 bits per heavy atom. The molecule has 0 radical (unpaired) electrons. The fourth-order valence-corrected chi connectivity index (χ4v) is 5.69. The van der Waals surface area contributed by atoms with Crippen LogP contribution >= 0.6 is 0 Å². The third-order valence-electron chi connectivity index (χ3n) is 8.07. The van der Waals surface area contributed by atoms with Crippen LogP contribution in [0.2, 0.25) is 0 Å². The fourth-order valence-electron chi connectivity index (χ4n) is 5.69. The number of carbonyl (C=O) groups excluding carboxylic acids is 1. The van der Waals surface area contributed by atoms with Crippen molar-refractivity contribution in [2.45, 2.75) is 64.6 Å². The molecule has 2 heterocycles. The number of benzene rings is 3. The lowest BCUT2D eigenvalue weighted by atomic mass is 9.99. The summed E-state index contributed by atoms with van der Waals surface area (Å²) >= 11 is 0. The van der Waals surface area contributed by atoms with Gasteiger partial charge in [0.05, 0.1) is 0 Å². The van der Waals surface area contributed by atoms with E-state index in [1.54, 1.807) is 0 Å². The highest BCUT2D eigenvalue weighted by Gasteiger charge is 2.29. The van der Waals surface area contributed by atoms with Gasteiger partial charge in [-0.3, -0.25) is 14.7 Å². The zero-order valence-corrected chi connectivity index (χ0v) is 23.7. The highest BCUT2D eigenvalue weighted by atomic mass is 16.2. The lowest BCUT2D eigenvalue weighted by Gasteiger charge is -2.39. The van der Waals surface area contributed by atoms with Gasteiger partial charge in [-0.2, -0.15) is 0 Å². The Kier molecular flexibility index (Phi) is 9.76. The van der Waals surface area contributed by atoms with Crippen LogP contribution in [0.3, 0.4) is 0 Å². The van der Waals surface area contributed by atoms with E-state index in [1.165, 1.54) is 47.1 Å². The third-order valence-corrected chi connectivity index (χ3v) is 8.07. The molecule has 0 aliphatic carbocycles. The maximum absolute atomic E-state index is 14.0. The van der Waals surface area contributed by atoms with Gasteiger partial charge in [0.25, 0.3) is 5.91 Å². The van der Waals surface area contributed by atoms with Crippen molar-refractivity contribution in [2.24, 2.45) is 0 Å². The van der Waals surface area contributed by atoms with Gasteiger partial charge in [0, 0.05) is 50.2 Å². The third kappa shape index (κ3) is 7.45. The van der Waals surface area contributed by atoms with Gasteiger partial charge in [-0.15, -0.1) is 0 Å². The van der Waals surface area contributed by atoms with E-state index in [0.717, 1.165) is 44.5 Å². The number of carbonyl (C=O) groups is 1. The van der Waals surface area contributed by atoms with Crippen LogP contribution in [0, 0.1) is 0 Å². The van der Waals surface area contributed by atoms with Crippen LogP contribution < -0.4 is 0 Å². The number of rotatable bonds is 11. The summed E-state index contributed by atoms with van der Waals surface area (Å²) in [5, 5.41) is 0. The summed E-state index contributed by atoms with van der Waals surface area (Å²) in [6, 6.07) is 31.9. The van der Waals surface area contributed by atoms with Gasteiger partial charge in [0.2, 0.25) is 0 Å². The Morgan fingerprint density at radius 2 is 1.50 bits per heavy atom. The summed E-state index contributed by atoms with van der Waals surface area (Å²) < 4.78 is 0. The maximum atomic E-state index is 14.0. The van der Waals surface area contributed by atoms with E-state index in [0.29, 0.717) is 6.54 Å². The topological polar surface area (TPSA) is 36.4 Å². The minimum absolute atomic E-state index is 0.137. The molecule has 4 aromatic rings. The molecule has 0 spiro atoms. The van der Waals surface area contributed by atoms with Crippen molar-refractivity contribution < 1.29 is 4.79 Å². The molecule has 0 unspecified atom stereocenters. The molecule has 0 bridgehead atoms. The van der Waals surface area contributed by atoms with Crippen molar-refractivity contribution in [3.63, 3.8) is 0 Å². The number of aryl methyl sites for hydroxylation is 1. The number of amides is 1. The first kappa shape index (κ1) is 27.8. The fraction of sp³-hybridized carbons (Fsp3) is 0.333. The molecular formula is C36H41N3O. The first-order valence-corrected chi connectivity index (χ1v) is 14.8. The van der Waals surface area contributed by atoms with Gasteiger partial charge < -0.3 is 4.90 Å². The number of pyridine rings is 1. The molecule has 1 aliphatic heterocycles. The molecule has 0 saturated carbocycles. The van der Waals surface area contributed by atoms with Crippen molar-refractivity contribution in [2.75, 3.05) is 13.1 Å². The minimum Gasteiger partial charge on any atom is -0.331 e. The van der Waals surface area contributed by atoms with Crippen molar-refractivity contribution in [1.29, 1.82) is 0 Å². The molecule has 3 aromatic carbocycles. The molecule has 0 N–H and O–H groups in total. The number of hydrogen-bond donors (Lipinski definition) is 0. The number of aromatic nitrogens is 1. The smallest absolute Gasteiger partial charge is 0.254 e. The summed E-state index contributed by atoms with van der Waals surface area (Å²) in [7, 11) is 0. The van der Waals surface area contributed by atoms with Gasteiger partial charge in [0.15, 0.2) is 0 Å². The minimum atomic E-state index is 0.137. The van der Waals surface area contributed by atoms with Crippen molar-refractivity contribution in [1.82, 2.24) is 14.8 Å². The molecule has 1 aliphatic rings. The van der Waals surface area contributed by atoms with Crippen molar-refractivity contribution in [3.05, 3.63) is 126 Å². The van der Waals surface area contributed by atoms with E-state index in [4.69, 9.17) is 0 Å². The second-order valence-electron chi connectivity index (χ2n) is 11.0. The molecule has 4 heteroatoms. The van der Waals surface area contributed by atoms with E-state index < -0.39 is 0 Å². The normalized spacial score (nSPS) is 14.2. The first-order valence-electron chi connectivity index (χ1n) is 14.8. The second-order valence-corrected chi connectivity index (χ2v) is 11.0. The molecule has 206 valence electrons. The van der Waals surface area contributed by atoms with Crippen LogP contribution in [0.15, 0.2) is 103 Å². The Morgan fingerprint density at radius 1 is 0.800 bits per heavy atom. The molecule has 1 fully saturated rings. The zero-order chi connectivity index (χ0) is 27.6.